The molecule has 2 rings (SSSR count). The minimum Gasteiger partial charge on any atom is -0.481 e. The number of carbonyl (C=O) groups is 2. The average molecular weight is 317 g/mol. The molecular weight excluding hydrogens is 294 g/mol. The van der Waals surface area contributed by atoms with Crippen LogP contribution in [-0.4, -0.2) is 54.9 Å². The minimum absolute atomic E-state index is 0.0185. The molecule has 2 fully saturated rings. The summed E-state index contributed by atoms with van der Waals surface area (Å²) in [6.45, 7) is 0.700. The Labute approximate surface area is 125 Å². The van der Waals surface area contributed by atoms with Crippen molar-refractivity contribution in [1.29, 1.82) is 0 Å². The van der Waals surface area contributed by atoms with Gasteiger partial charge in [0.05, 0.1) is 17.9 Å². The van der Waals surface area contributed by atoms with Crippen LogP contribution in [0.1, 0.15) is 44.9 Å². The van der Waals surface area contributed by atoms with E-state index >= 15 is 0 Å². The van der Waals surface area contributed by atoms with E-state index in [2.05, 4.69) is 0 Å². The van der Waals surface area contributed by atoms with E-state index in [0.717, 1.165) is 25.7 Å². The third-order valence-electron chi connectivity index (χ3n) is 4.62. The highest BCUT2D eigenvalue weighted by Crippen LogP contribution is 2.44. The summed E-state index contributed by atoms with van der Waals surface area (Å²) in [7, 11) is -3.04. The van der Waals surface area contributed by atoms with Crippen LogP contribution in [0.25, 0.3) is 0 Å². The molecule has 6 nitrogen and oxygen atoms in total. The molecule has 21 heavy (non-hydrogen) atoms. The van der Waals surface area contributed by atoms with Crippen molar-refractivity contribution in [3.8, 4) is 0 Å². The van der Waals surface area contributed by atoms with Gasteiger partial charge in [-0.15, -0.1) is 0 Å². The van der Waals surface area contributed by atoms with Crippen LogP contribution in [0.5, 0.6) is 0 Å². The Morgan fingerprint density at radius 3 is 2.29 bits per heavy atom. The third-order valence-corrected chi connectivity index (χ3v) is 6.34. The zero-order valence-electron chi connectivity index (χ0n) is 12.2. The number of amides is 1. The second-order valence-corrected chi connectivity index (χ2v) is 8.64. The van der Waals surface area contributed by atoms with E-state index in [0.29, 0.717) is 13.0 Å². The molecule has 0 aromatic heterocycles. The molecule has 0 bridgehead atoms. The Morgan fingerprint density at radius 2 is 1.67 bits per heavy atom. The summed E-state index contributed by atoms with van der Waals surface area (Å²) in [4.78, 5) is 25.1. The van der Waals surface area contributed by atoms with Gasteiger partial charge in [0, 0.05) is 19.5 Å². The van der Waals surface area contributed by atoms with Crippen molar-refractivity contribution in [3.63, 3.8) is 0 Å². The van der Waals surface area contributed by atoms with Crippen molar-refractivity contribution in [2.45, 2.75) is 44.9 Å². The Balaban J connectivity index is 2.00. The van der Waals surface area contributed by atoms with Gasteiger partial charge >= 0.3 is 5.97 Å². The molecule has 1 heterocycles. The highest BCUT2D eigenvalue weighted by atomic mass is 32.2. The van der Waals surface area contributed by atoms with Gasteiger partial charge in [0.25, 0.3) is 0 Å². The summed E-state index contributed by atoms with van der Waals surface area (Å²) in [5, 5.41) is 9.07. The summed E-state index contributed by atoms with van der Waals surface area (Å²) in [5.41, 5.74) is -0.423. The lowest BCUT2D eigenvalue weighted by Gasteiger charge is -2.30. The highest BCUT2D eigenvalue weighted by molar-refractivity contribution is 7.91. The van der Waals surface area contributed by atoms with Gasteiger partial charge in [-0.3, -0.25) is 9.59 Å². The van der Waals surface area contributed by atoms with E-state index in [1.165, 1.54) is 0 Å². The van der Waals surface area contributed by atoms with Crippen LogP contribution in [0.3, 0.4) is 0 Å². The van der Waals surface area contributed by atoms with E-state index < -0.39 is 21.2 Å². The fourth-order valence-electron chi connectivity index (χ4n) is 3.48. The Bertz CT molecular complexity index is 507. The third kappa shape index (κ3) is 4.43. The zero-order valence-corrected chi connectivity index (χ0v) is 13.0. The Morgan fingerprint density at radius 1 is 1.00 bits per heavy atom. The maximum atomic E-state index is 12.4. The SMILES string of the molecule is O=C(O)CC1(CC(=O)N2CCCS(=O)(=O)CC2)CCCC1. The second kappa shape index (κ2) is 6.34. The molecule has 7 heteroatoms. The predicted octanol–water partition coefficient (Wildman–Crippen LogP) is 1.06. The molecule has 2 aliphatic rings. The lowest BCUT2D eigenvalue weighted by Crippen LogP contribution is -2.37. The van der Waals surface area contributed by atoms with E-state index in [9.17, 15) is 18.0 Å². The summed E-state index contributed by atoms with van der Waals surface area (Å²) in [6.07, 6.45) is 4.22. The van der Waals surface area contributed by atoms with E-state index in [1.807, 2.05) is 0 Å². The normalized spacial score (nSPS) is 24.5. The maximum Gasteiger partial charge on any atom is 0.303 e. The maximum absolute atomic E-state index is 12.4. The molecule has 0 aromatic carbocycles. The monoisotopic (exact) mass is 317 g/mol. The quantitative estimate of drug-likeness (QED) is 0.837. The first-order valence-corrected chi connectivity index (χ1v) is 9.34. The highest BCUT2D eigenvalue weighted by Gasteiger charge is 2.39. The lowest BCUT2D eigenvalue weighted by atomic mass is 9.79. The van der Waals surface area contributed by atoms with Crippen molar-refractivity contribution in [2.24, 2.45) is 5.41 Å². The van der Waals surface area contributed by atoms with Crippen molar-refractivity contribution >= 4 is 21.7 Å². The topological polar surface area (TPSA) is 91.8 Å². The van der Waals surface area contributed by atoms with Crippen LogP contribution < -0.4 is 0 Å². The molecule has 0 radical (unpaired) electrons. The molecule has 120 valence electrons. The van der Waals surface area contributed by atoms with Crippen molar-refractivity contribution in [2.75, 3.05) is 24.6 Å². The molecule has 1 amide bonds. The molecule has 1 aliphatic carbocycles. The van der Waals surface area contributed by atoms with Gasteiger partial charge in [-0.1, -0.05) is 12.8 Å². The lowest BCUT2D eigenvalue weighted by molar-refractivity contribution is -0.141. The van der Waals surface area contributed by atoms with Crippen LogP contribution in [-0.2, 0) is 19.4 Å². The molecule has 0 spiro atoms. The first-order valence-electron chi connectivity index (χ1n) is 7.52. The smallest absolute Gasteiger partial charge is 0.303 e. The van der Waals surface area contributed by atoms with Crippen molar-refractivity contribution in [3.05, 3.63) is 0 Å². The standard InChI is InChI=1S/C14H23NO5S/c16-12(15-6-3-8-21(19,20)9-7-15)10-14(11-13(17)18)4-1-2-5-14/h1-11H2,(H,17,18). The molecule has 1 N–H and O–H groups in total. The van der Waals surface area contributed by atoms with Crippen molar-refractivity contribution in [1.82, 2.24) is 4.90 Å². The van der Waals surface area contributed by atoms with Gasteiger partial charge in [-0.2, -0.15) is 0 Å². The molecular formula is C14H23NO5S. The molecule has 0 aromatic rings. The molecule has 1 saturated carbocycles. The fraction of sp³-hybridized carbons (Fsp3) is 0.857. The van der Waals surface area contributed by atoms with E-state index in [4.69, 9.17) is 5.11 Å². The van der Waals surface area contributed by atoms with Gasteiger partial charge in [0.2, 0.25) is 5.91 Å². The van der Waals surface area contributed by atoms with Crippen molar-refractivity contribution < 1.29 is 23.1 Å². The number of hydrogen-bond acceptors (Lipinski definition) is 4. The van der Waals surface area contributed by atoms with Gasteiger partial charge in [-0.05, 0) is 24.7 Å². The van der Waals surface area contributed by atoms with Gasteiger partial charge in [0.15, 0.2) is 9.84 Å². The number of sulfone groups is 1. The number of carboxylic acids is 1. The number of hydrogen-bond donors (Lipinski definition) is 1. The molecule has 0 unspecified atom stereocenters. The van der Waals surface area contributed by atoms with Gasteiger partial charge in [-0.25, -0.2) is 8.42 Å². The zero-order chi connectivity index (χ0) is 15.5. The summed E-state index contributed by atoms with van der Waals surface area (Å²) in [5.74, 6) is -0.791. The fourth-order valence-corrected chi connectivity index (χ4v) is 4.75. The van der Waals surface area contributed by atoms with Crippen LogP contribution >= 0.6 is 0 Å². The van der Waals surface area contributed by atoms with Crippen LogP contribution in [0.15, 0.2) is 0 Å². The summed E-state index contributed by atoms with van der Waals surface area (Å²) < 4.78 is 23.2. The predicted molar refractivity (Wildman–Crippen MR) is 77.6 cm³/mol. The number of nitrogens with zero attached hydrogens (tertiary/aromatic N) is 1. The molecule has 1 saturated heterocycles. The average Bonchev–Trinajstić information content (AvgIpc) is 2.71. The van der Waals surface area contributed by atoms with Crippen LogP contribution in [0, 0.1) is 5.41 Å². The first kappa shape index (κ1) is 16.3. The Kier molecular flexibility index (Phi) is 4.91. The summed E-state index contributed by atoms with van der Waals surface area (Å²) in [6, 6.07) is 0. The van der Waals surface area contributed by atoms with Crippen LogP contribution in [0.4, 0.5) is 0 Å². The number of carboxylic acid groups (broad SMARTS) is 1. The van der Waals surface area contributed by atoms with E-state index in [-0.39, 0.29) is 36.8 Å². The van der Waals surface area contributed by atoms with Gasteiger partial charge < -0.3 is 10.0 Å². The number of carbonyl (C=O) groups excluding carboxylic acids is 1. The number of aliphatic carboxylic acids is 1. The first-order chi connectivity index (χ1) is 9.82. The number of rotatable bonds is 4. The van der Waals surface area contributed by atoms with Gasteiger partial charge in [0.1, 0.15) is 0 Å². The largest absolute Gasteiger partial charge is 0.481 e. The Hall–Kier alpha value is -1.11. The summed E-state index contributed by atoms with van der Waals surface area (Å²) >= 11 is 0. The molecule has 1 aliphatic heterocycles. The van der Waals surface area contributed by atoms with E-state index in [1.54, 1.807) is 4.90 Å². The minimum atomic E-state index is -3.04. The van der Waals surface area contributed by atoms with Crippen LogP contribution in [0.2, 0.25) is 0 Å². The second-order valence-electron chi connectivity index (χ2n) is 6.34. The molecule has 0 atom stereocenters.